The zero-order chi connectivity index (χ0) is 14.4. The summed E-state index contributed by atoms with van der Waals surface area (Å²) in [5.41, 5.74) is 0. The predicted molar refractivity (Wildman–Crippen MR) is 84.4 cm³/mol. The number of nitrogens with one attached hydrogen (secondary N) is 1. The molecule has 6 heteroatoms. The first-order chi connectivity index (χ1) is 9.70. The van der Waals surface area contributed by atoms with Crippen LogP contribution in [0.25, 0.3) is 0 Å². The van der Waals surface area contributed by atoms with Crippen molar-refractivity contribution in [2.24, 2.45) is 0 Å². The maximum absolute atomic E-state index is 12.1. The van der Waals surface area contributed by atoms with Crippen LogP contribution in [-0.4, -0.2) is 50.7 Å². The highest BCUT2D eigenvalue weighted by Gasteiger charge is 2.21. The first-order valence-corrected chi connectivity index (χ1v) is 6.94. The van der Waals surface area contributed by atoms with E-state index in [1.165, 1.54) is 0 Å². The lowest BCUT2D eigenvalue weighted by atomic mass is 10.1. The molecule has 0 aliphatic carbocycles. The van der Waals surface area contributed by atoms with Gasteiger partial charge in [-0.25, -0.2) is 0 Å². The Labute approximate surface area is 132 Å². The van der Waals surface area contributed by atoms with E-state index in [9.17, 15) is 4.79 Å². The molecule has 1 aromatic rings. The van der Waals surface area contributed by atoms with E-state index < -0.39 is 0 Å². The smallest absolute Gasteiger partial charge is 0.260 e. The number of carbonyl (C=O) groups excluding carboxylic acids is 1. The molecule has 0 unspecified atom stereocenters. The third-order valence-corrected chi connectivity index (χ3v) is 3.65. The van der Waals surface area contributed by atoms with Crippen molar-refractivity contribution in [3.05, 3.63) is 24.3 Å². The van der Waals surface area contributed by atoms with Gasteiger partial charge < -0.3 is 19.7 Å². The molecule has 118 valence electrons. The summed E-state index contributed by atoms with van der Waals surface area (Å²) in [5, 5.41) is 3.30. The monoisotopic (exact) mass is 314 g/mol. The Kier molecular flexibility index (Phi) is 7.32. The molecule has 0 atom stereocenters. The van der Waals surface area contributed by atoms with E-state index in [0.717, 1.165) is 31.7 Å². The molecule has 0 bridgehead atoms. The molecule has 1 aliphatic heterocycles. The normalized spacial score (nSPS) is 15.0. The Morgan fingerprint density at radius 1 is 1.33 bits per heavy atom. The minimum absolute atomic E-state index is 0. The topological polar surface area (TPSA) is 50.8 Å². The molecule has 1 heterocycles. The number of hydrogen-bond acceptors (Lipinski definition) is 4. The van der Waals surface area contributed by atoms with E-state index in [1.54, 1.807) is 18.1 Å². The van der Waals surface area contributed by atoms with Crippen molar-refractivity contribution in [3.63, 3.8) is 0 Å². The summed E-state index contributed by atoms with van der Waals surface area (Å²) in [4.78, 5) is 13.9. The molecule has 1 aromatic carbocycles. The van der Waals surface area contributed by atoms with Gasteiger partial charge in [0.2, 0.25) is 0 Å². The van der Waals surface area contributed by atoms with Crippen LogP contribution in [0.3, 0.4) is 0 Å². The number of methoxy groups -OCH3 is 1. The van der Waals surface area contributed by atoms with Crippen molar-refractivity contribution in [2.75, 3.05) is 33.9 Å². The van der Waals surface area contributed by atoms with Gasteiger partial charge in [-0.15, -0.1) is 12.4 Å². The van der Waals surface area contributed by atoms with E-state index >= 15 is 0 Å². The van der Waals surface area contributed by atoms with E-state index in [-0.39, 0.29) is 24.9 Å². The number of likely N-dealkylation sites (N-methyl/N-ethyl adjacent to an activating group) is 1. The summed E-state index contributed by atoms with van der Waals surface area (Å²) in [5.74, 6) is 1.39. The lowest BCUT2D eigenvalue weighted by Gasteiger charge is -2.31. The van der Waals surface area contributed by atoms with E-state index in [4.69, 9.17) is 9.47 Å². The Hall–Kier alpha value is -1.46. The van der Waals surface area contributed by atoms with Crippen LogP contribution in [0.2, 0.25) is 0 Å². The van der Waals surface area contributed by atoms with Crippen LogP contribution in [0.15, 0.2) is 24.3 Å². The zero-order valence-electron chi connectivity index (χ0n) is 12.5. The Balaban J connectivity index is 0.00000220. The van der Waals surface area contributed by atoms with Gasteiger partial charge in [0.25, 0.3) is 5.91 Å². The van der Waals surface area contributed by atoms with Crippen molar-refractivity contribution >= 4 is 18.3 Å². The minimum Gasteiger partial charge on any atom is -0.497 e. The second kappa shape index (κ2) is 8.74. The predicted octanol–water partition coefficient (Wildman–Crippen LogP) is 1.71. The van der Waals surface area contributed by atoms with Crippen molar-refractivity contribution in [1.82, 2.24) is 10.2 Å². The van der Waals surface area contributed by atoms with Gasteiger partial charge in [-0.1, -0.05) is 6.07 Å². The van der Waals surface area contributed by atoms with Gasteiger partial charge in [0.05, 0.1) is 7.11 Å². The highest BCUT2D eigenvalue weighted by molar-refractivity contribution is 5.85. The van der Waals surface area contributed by atoms with E-state index in [1.807, 2.05) is 25.2 Å². The number of benzene rings is 1. The van der Waals surface area contributed by atoms with E-state index in [0.29, 0.717) is 11.8 Å². The largest absolute Gasteiger partial charge is 0.497 e. The molecule has 5 nitrogen and oxygen atoms in total. The SMILES string of the molecule is COc1cccc(OCC(=O)N(C)C2CCNCC2)c1.Cl. The Morgan fingerprint density at radius 2 is 2.00 bits per heavy atom. The first-order valence-electron chi connectivity index (χ1n) is 6.94. The van der Waals surface area contributed by atoms with Crippen molar-refractivity contribution < 1.29 is 14.3 Å². The lowest BCUT2D eigenvalue weighted by Crippen LogP contribution is -2.45. The summed E-state index contributed by atoms with van der Waals surface area (Å²) in [6.45, 7) is 2.01. The first kappa shape index (κ1) is 17.6. The van der Waals surface area contributed by atoms with E-state index in [2.05, 4.69) is 5.32 Å². The molecule has 1 saturated heterocycles. The van der Waals surface area contributed by atoms with Gasteiger partial charge in [0.1, 0.15) is 11.5 Å². The number of hydrogen-bond donors (Lipinski definition) is 1. The fourth-order valence-electron chi connectivity index (χ4n) is 2.34. The van der Waals surface area contributed by atoms with Gasteiger partial charge in [-0.05, 0) is 38.1 Å². The number of halogens is 1. The summed E-state index contributed by atoms with van der Waals surface area (Å²) in [6.07, 6.45) is 2.00. The van der Waals surface area contributed by atoms with Crippen LogP contribution < -0.4 is 14.8 Å². The molecule has 1 fully saturated rings. The molecule has 1 N–H and O–H groups in total. The standard InChI is InChI=1S/C15H22N2O3.ClH/c1-17(12-6-8-16-9-7-12)15(18)11-20-14-5-3-4-13(10-14)19-2;/h3-5,10,12,16H,6-9,11H2,1-2H3;1H. The maximum Gasteiger partial charge on any atom is 0.260 e. The molecule has 0 aromatic heterocycles. The average Bonchev–Trinajstić information content (AvgIpc) is 2.53. The average molecular weight is 315 g/mol. The Morgan fingerprint density at radius 3 is 2.67 bits per heavy atom. The summed E-state index contributed by atoms with van der Waals surface area (Å²) < 4.78 is 10.7. The molecule has 1 amide bonds. The maximum atomic E-state index is 12.1. The molecule has 1 aliphatic rings. The van der Waals surface area contributed by atoms with Crippen LogP contribution in [-0.2, 0) is 4.79 Å². The van der Waals surface area contributed by atoms with Crippen molar-refractivity contribution in [3.8, 4) is 11.5 Å². The molecular formula is C15H23ClN2O3. The van der Waals surface area contributed by atoms with Gasteiger partial charge >= 0.3 is 0 Å². The van der Waals surface area contributed by atoms with Crippen LogP contribution in [0.1, 0.15) is 12.8 Å². The highest BCUT2D eigenvalue weighted by Crippen LogP contribution is 2.19. The van der Waals surface area contributed by atoms with Crippen molar-refractivity contribution in [2.45, 2.75) is 18.9 Å². The van der Waals surface area contributed by atoms with Gasteiger partial charge in [0, 0.05) is 19.2 Å². The van der Waals surface area contributed by atoms with Crippen LogP contribution in [0.4, 0.5) is 0 Å². The third kappa shape index (κ3) is 5.10. The van der Waals surface area contributed by atoms with Crippen LogP contribution in [0, 0.1) is 0 Å². The second-order valence-corrected chi connectivity index (χ2v) is 4.95. The van der Waals surface area contributed by atoms with Gasteiger partial charge in [-0.3, -0.25) is 4.79 Å². The highest BCUT2D eigenvalue weighted by atomic mass is 35.5. The molecular weight excluding hydrogens is 292 g/mol. The van der Waals surface area contributed by atoms with Gasteiger partial charge in [-0.2, -0.15) is 0 Å². The van der Waals surface area contributed by atoms with Crippen LogP contribution >= 0.6 is 12.4 Å². The van der Waals surface area contributed by atoms with Gasteiger partial charge in [0.15, 0.2) is 6.61 Å². The molecule has 0 spiro atoms. The number of ether oxygens (including phenoxy) is 2. The quantitative estimate of drug-likeness (QED) is 0.899. The number of piperidine rings is 1. The summed E-state index contributed by atoms with van der Waals surface area (Å²) in [7, 11) is 3.46. The minimum atomic E-state index is 0. The second-order valence-electron chi connectivity index (χ2n) is 4.95. The van der Waals surface area contributed by atoms with Crippen LogP contribution in [0.5, 0.6) is 11.5 Å². The molecule has 0 saturated carbocycles. The number of amides is 1. The number of carbonyl (C=O) groups is 1. The Bertz CT molecular complexity index is 450. The summed E-state index contributed by atoms with van der Waals surface area (Å²) in [6, 6.07) is 7.60. The summed E-state index contributed by atoms with van der Waals surface area (Å²) >= 11 is 0. The zero-order valence-corrected chi connectivity index (χ0v) is 13.3. The lowest BCUT2D eigenvalue weighted by molar-refractivity contribution is -0.134. The number of nitrogens with zero attached hydrogens (tertiary/aromatic N) is 1. The molecule has 0 radical (unpaired) electrons. The fraction of sp³-hybridized carbons (Fsp3) is 0.533. The number of rotatable bonds is 5. The van der Waals surface area contributed by atoms with Crippen molar-refractivity contribution in [1.29, 1.82) is 0 Å². The fourth-order valence-corrected chi connectivity index (χ4v) is 2.34. The molecule has 2 rings (SSSR count). The molecule has 21 heavy (non-hydrogen) atoms. The third-order valence-electron chi connectivity index (χ3n) is 3.65.